The molecule has 0 aliphatic heterocycles. The van der Waals surface area contributed by atoms with Crippen LogP contribution in [0.5, 0.6) is 5.75 Å². The van der Waals surface area contributed by atoms with Gasteiger partial charge in [-0.15, -0.1) is 0 Å². The fraction of sp³-hybridized carbons (Fsp3) is 0.200. The summed E-state index contributed by atoms with van der Waals surface area (Å²) in [6, 6.07) is 9.62. The topological polar surface area (TPSA) is 55.5 Å². The fourth-order valence-corrected chi connectivity index (χ4v) is 2.15. The Kier molecular flexibility index (Phi) is 4.47. The first kappa shape index (κ1) is 14.6. The molecule has 5 heteroatoms. The Morgan fingerprint density at radius 3 is 2.75 bits per heavy atom. The number of halogens is 2. The first-order chi connectivity index (χ1) is 9.52. The second kappa shape index (κ2) is 6.11. The second-order valence-corrected chi connectivity index (χ2v) is 4.84. The third-order valence-corrected chi connectivity index (χ3v) is 3.40. The number of nitrogen functional groups attached to an aromatic ring is 1. The summed E-state index contributed by atoms with van der Waals surface area (Å²) in [5, 5.41) is 10.3. The lowest BCUT2D eigenvalue weighted by molar-refractivity contribution is 0.179. The Morgan fingerprint density at radius 1 is 1.35 bits per heavy atom. The predicted octanol–water partition coefficient (Wildman–Crippen LogP) is 3.35. The van der Waals surface area contributed by atoms with Crippen molar-refractivity contribution in [3.63, 3.8) is 0 Å². The van der Waals surface area contributed by atoms with E-state index >= 15 is 0 Å². The van der Waals surface area contributed by atoms with Crippen molar-refractivity contribution in [1.29, 1.82) is 0 Å². The quantitative estimate of drug-likeness (QED) is 0.851. The third kappa shape index (κ3) is 3.03. The van der Waals surface area contributed by atoms with Gasteiger partial charge < -0.3 is 15.6 Å². The summed E-state index contributed by atoms with van der Waals surface area (Å²) < 4.78 is 18.5. The van der Waals surface area contributed by atoms with Gasteiger partial charge in [0.25, 0.3) is 0 Å². The van der Waals surface area contributed by atoms with Crippen LogP contribution in [0.2, 0.25) is 5.02 Å². The number of methoxy groups -OCH3 is 1. The number of rotatable bonds is 4. The van der Waals surface area contributed by atoms with Gasteiger partial charge in [0.2, 0.25) is 0 Å². The minimum Gasteiger partial charge on any atom is -0.495 e. The van der Waals surface area contributed by atoms with Crippen molar-refractivity contribution in [3.05, 3.63) is 58.4 Å². The molecule has 2 aromatic carbocycles. The minimum absolute atomic E-state index is 0.0594. The Labute approximate surface area is 121 Å². The van der Waals surface area contributed by atoms with Gasteiger partial charge in [-0.1, -0.05) is 29.8 Å². The standard InChI is InChI=1S/C15H15ClFNO2/c1-20-14-4-2-3-10(15(14)18)13(19)8-9-5-6-11(16)12(17)7-9/h2-7,13,19H,8,18H2,1H3. The van der Waals surface area contributed by atoms with E-state index in [1.165, 1.54) is 19.2 Å². The van der Waals surface area contributed by atoms with Crippen molar-refractivity contribution in [2.45, 2.75) is 12.5 Å². The Bertz CT molecular complexity index is 619. The van der Waals surface area contributed by atoms with Crippen molar-refractivity contribution < 1.29 is 14.2 Å². The molecule has 0 fully saturated rings. The maximum Gasteiger partial charge on any atom is 0.142 e. The number of aliphatic hydroxyl groups excluding tert-OH is 1. The molecule has 1 unspecified atom stereocenters. The zero-order valence-electron chi connectivity index (χ0n) is 10.9. The molecular formula is C15H15ClFNO2. The molecular weight excluding hydrogens is 281 g/mol. The van der Waals surface area contributed by atoms with Crippen molar-refractivity contribution in [2.24, 2.45) is 0 Å². The van der Waals surface area contributed by atoms with Crippen molar-refractivity contribution >= 4 is 17.3 Å². The minimum atomic E-state index is -0.842. The molecule has 0 heterocycles. The summed E-state index contributed by atoms with van der Waals surface area (Å²) in [6.07, 6.45) is -0.600. The van der Waals surface area contributed by atoms with Crippen LogP contribution in [0.25, 0.3) is 0 Å². The van der Waals surface area contributed by atoms with E-state index in [-0.39, 0.29) is 11.4 Å². The fourth-order valence-electron chi connectivity index (χ4n) is 2.03. The van der Waals surface area contributed by atoms with Gasteiger partial charge in [0, 0.05) is 12.0 Å². The number of ether oxygens (including phenoxy) is 1. The molecule has 0 aliphatic carbocycles. The third-order valence-electron chi connectivity index (χ3n) is 3.09. The summed E-state index contributed by atoms with van der Waals surface area (Å²) in [7, 11) is 1.51. The summed E-state index contributed by atoms with van der Waals surface area (Å²) >= 11 is 5.62. The van der Waals surface area contributed by atoms with Gasteiger partial charge in [-0.25, -0.2) is 4.39 Å². The maximum atomic E-state index is 13.4. The molecule has 0 spiro atoms. The molecule has 1 atom stereocenters. The van der Waals surface area contributed by atoms with E-state index in [9.17, 15) is 9.50 Å². The van der Waals surface area contributed by atoms with Gasteiger partial charge in [-0.2, -0.15) is 0 Å². The van der Waals surface area contributed by atoms with Crippen LogP contribution < -0.4 is 10.5 Å². The van der Waals surface area contributed by atoms with Gasteiger partial charge >= 0.3 is 0 Å². The molecule has 0 saturated heterocycles. The van der Waals surface area contributed by atoms with Gasteiger partial charge in [0.05, 0.1) is 23.9 Å². The second-order valence-electron chi connectivity index (χ2n) is 4.43. The summed E-state index contributed by atoms with van der Waals surface area (Å²) in [6.45, 7) is 0. The van der Waals surface area contributed by atoms with E-state index in [0.29, 0.717) is 22.6 Å². The highest BCUT2D eigenvalue weighted by atomic mass is 35.5. The molecule has 0 amide bonds. The van der Waals surface area contributed by atoms with Gasteiger partial charge in [-0.05, 0) is 23.8 Å². The molecule has 0 aliphatic rings. The first-order valence-electron chi connectivity index (χ1n) is 6.07. The normalized spacial score (nSPS) is 12.2. The van der Waals surface area contributed by atoms with E-state index in [0.717, 1.165) is 0 Å². The van der Waals surface area contributed by atoms with Gasteiger partial charge in [0.15, 0.2) is 0 Å². The summed E-state index contributed by atoms with van der Waals surface area (Å²) in [5.41, 5.74) is 7.50. The average molecular weight is 296 g/mol. The molecule has 3 nitrogen and oxygen atoms in total. The van der Waals surface area contributed by atoms with Crippen LogP contribution in [0.1, 0.15) is 17.2 Å². The highest BCUT2D eigenvalue weighted by Crippen LogP contribution is 2.31. The lowest BCUT2D eigenvalue weighted by Crippen LogP contribution is -2.06. The molecule has 106 valence electrons. The van der Waals surface area contributed by atoms with Crippen LogP contribution in [-0.2, 0) is 6.42 Å². The lowest BCUT2D eigenvalue weighted by Gasteiger charge is -2.15. The number of aliphatic hydroxyl groups is 1. The number of para-hydroxylation sites is 1. The molecule has 0 saturated carbocycles. The van der Waals surface area contributed by atoms with Crippen LogP contribution in [0, 0.1) is 5.82 Å². The van der Waals surface area contributed by atoms with Crippen molar-refractivity contribution in [1.82, 2.24) is 0 Å². The van der Waals surface area contributed by atoms with E-state index in [2.05, 4.69) is 0 Å². The molecule has 0 aromatic heterocycles. The smallest absolute Gasteiger partial charge is 0.142 e. The number of nitrogens with two attached hydrogens (primary N) is 1. The Balaban J connectivity index is 2.23. The molecule has 2 rings (SSSR count). The molecule has 0 radical (unpaired) electrons. The predicted molar refractivity (Wildman–Crippen MR) is 77.5 cm³/mol. The molecule has 2 aromatic rings. The van der Waals surface area contributed by atoms with Gasteiger partial charge in [0.1, 0.15) is 11.6 Å². The Morgan fingerprint density at radius 2 is 2.10 bits per heavy atom. The van der Waals surface area contributed by atoms with Crippen LogP contribution in [0.3, 0.4) is 0 Å². The summed E-state index contributed by atoms with van der Waals surface area (Å²) in [4.78, 5) is 0. The SMILES string of the molecule is COc1cccc(C(O)Cc2ccc(Cl)c(F)c2)c1N. The summed E-state index contributed by atoms with van der Waals surface area (Å²) in [5.74, 6) is -0.00109. The number of benzene rings is 2. The van der Waals surface area contributed by atoms with E-state index < -0.39 is 11.9 Å². The monoisotopic (exact) mass is 295 g/mol. The first-order valence-corrected chi connectivity index (χ1v) is 6.45. The van der Waals surface area contributed by atoms with Crippen LogP contribution in [0.4, 0.5) is 10.1 Å². The van der Waals surface area contributed by atoms with E-state index in [1.807, 2.05) is 0 Å². The van der Waals surface area contributed by atoms with Crippen LogP contribution in [0.15, 0.2) is 36.4 Å². The maximum absolute atomic E-state index is 13.4. The van der Waals surface area contributed by atoms with E-state index in [1.54, 1.807) is 24.3 Å². The highest BCUT2D eigenvalue weighted by Gasteiger charge is 2.15. The molecule has 3 N–H and O–H groups in total. The Hall–Kier alpha value is -1.78. The van der Waals surface area contributed by atoms with Crippen LogP contribution in [-0.4, -0.2) is 12.2 Å². The highest BCUT2D eigenvalue weighted by molar-refractivity contribution is 6.30. The molecule has 0 bridgehead atoms. The number of hydrogen-bond donors (Lipinski definition) is 2. The zero-order valence-corrected chi connectivity index (χ0v) is 11.7. The van der Waals surface area contributed by atoms with Crippen molar-refractivity contribution in [2.75, 3.05) is 12.8 Å². The van der Waals surface area contributed by atoms with Gasteiger partial charge in [-0.3, -0.25) is 0 Å². The van der Waals surface area contributed by atoms with E-state index in [4.69, 9.17) is 22.1 Å². The largest absolute Gasteiger partial charge is 0.495 e. The number of anilines is 1. The van der Waals surface area contributed by atoms with Crippen molar-refractivity contribution in [3.8, 4) is 5.75 Å². The molecule has 20 heavy (non-hydrogen) atoms. The average Bonchev–Trinajstić information content (AvgIpc) is 2.43. The zero-order chi connectivity index (χ0) is 14.7. The number of hydrogen-bond acceptors (Lipinski definition) is 3. The van der Waals surface area contributed by atoms with Crippen LogP contribution >= 0.6 is 11.6 Å². The lowest BCUT2D eigenvalue weighted by atomic mass is 9.99.